The van der Waals surface area contributed by atoms with E-state index in [9.17, 15) is 9.59 Å². The van der Waals surface area contributed by atoms with Gasteiger partial charge in [-0.1, -0.05) is 0 Å². The number of nitrogens with zero attached hydrogens (tertiary/aromatic N) is 4. The smallest absolute Gasteiger partial charge is 0.251 e. The topological polar surface area (TPSA) is 90.0 Å². The quantitative estimate of drug-likeness (QED) is 0.643. The zero-order valence-corrected chi connectivity index (χ0v) is 22.3. The summed E-state index contributed by atoms with van der Waals surface area (Å²) in [6.45, 7) is 7.36. The lowest BCUT2D eigenvalue weighted by molar-refractivity contribution is -0.119. The minimum atomic E-state index is -0.285. The van der Waals surface area contributed by atoms with Crippen molar-refractivity contribution in [3.05, 3.63) is 41.5 Å². The van der Waals surface area contributed by atoms with Gasteiger partial charge in [0.05, 0.1) is 5.69 Å². The minimum Gasteiger partial charge on any atom is -0.381 e. The third kappa shape index (κ3) is 5.29. The number of hydrogen-bond donors (Lipinski definition) is 2. The van der Waals surface area contributed by atoms with Crippen LogP contribution in [-0.4, -0.2) is 80.2 Å². The van der Waals surface area contributed by atoms with Gasteiger partial charge in [0, 0.05) is 43.6 Å². The lowest BCUT2D eigenvalue weighted by Gasteiger charge is -2.44. The number of likely N-dealkylation sites (tertiary alicyclic amines) is 1. The second-order valence-electron chi connectivity index (χ2n) is 10.6. The van der Waals surface area contributed by atoms with E-state index in [2.05, 4.69) is 27.5 Å². The summed E-state index contributed by atoms with van der Waals surface area (Å²) < 4.78 is 5.57. The Balaban J connectivity index is 1.34. The molecule has 5 rings (SSSR count). The van der Waals surface area contributed by atoms with Gasteiger partial charge in [0.25, 0.3) is 5.91 Å². The Labute approximate surface area is 219 Å². The molecule has 2 N–H and O–H groups in total. The second kappa shape index (κ2) is 10.7. The maximum atomic E-state index is 13.0. The molecule has 3 aliphatic heterocycles. The molecule has 9 heteroatoms. The van der Waals surface area contributed by atoms with Gasteiger partial charge in [-0.25, -0.2) is 4.98 Å². The molecule has 37 heavy (non-hydrogen) atoms. The molecular formula is C28H38N6O3. The van der Waals surface area contributed by atoms with Crippen LogP contribution in [-0.2, 0) is 9.53 Å². The van der Waals surface area contributed by atoms with Crippen LogP contribution in [0.4, 0.5) is 23.0 Å². The van der Waals surface area contributed by atoms with Gasteiger partial charge < -0.3 is 30.1 Å². The number of ether oxygens (including phenoxy) is 1. The van der Waals surface area contributed by atoms with Gasteiger partial charge in [-0.2, -0.15) is 0 Å². The van der Waals surface area contributed by atoms with E-state index < -0.39 is 0 Å². The molecule has 4 heterocycles. The average Bonchev–Trinajstić information content (AvgIpc) is 2.90. The van der Waals surface area contributed by atoms with Crippen LogP contribution in [0, 0.1) is 6.92 Å². The average molecular weight is 507 g/mol. The SMILES string of the molecule is Cc1cc(C(=O)NC2CCN(C)CC2)ccc1Nc1ccc2c(n1)N(C1CCOCC1)[C@H](C)C(=O)N2C. The van der Waals surface area contributed by atoms with Crippen LogP contribution >= 0.6 is 0 Å². The van der Waals surface area contributed by atoms with Crippen molar-refractivity contribution in [1.29, 1.82) is 0 Å². The molecule has 9 nitrogen and oxygen atoms in total. The summed E-state index contributed by atoms with van der Waals surface area (Å²) >= 11 is 0. The van der Waals surface area contributed by atoms with E-state index in [0.29, 0.717) is 24.6 Å². The number of piperidine rings is 1. The Hall–Kier alpha value is -3.17. The van der Waals surface area contributed by atoms with E-state index in [4.69, 9.17) is 9.72 Å². The van der Waals surface area contributed by atoms with Crippen LogP contribution in [0.5, 0.6) is 0 Å². The number of hydrogen-bond acceptors (Lipinski definition) is 7. The van der Waals surface area contributed by atoms with E-state index in [1.165, 1.54) is 0 Å². The Bertz CT molecular complexity index is 1160. The molecule has 1 aromatic heterocycles. The number of carbonyl (C=O) groups excluding carboxylic acids is 2. The minimum absolute atomic E-state index is 0.0232. The van der Waals surface area contributed by atoms with Crippen molar-refractivity contribution in [1.82, 2.24) is 15.2 Å². The summed E-state index contributed by atoms with van der Waals surface area (Å²) in [6.07, 6.45) is 3.71. The molecule has 2 saturated heterocycles. The highest BCUT2D eigenvalue weighted by atomic mass is 16.5. The fraction of sp³-hybridized carbons (Fsp3) is 0.536. The fourth-order valence-corrected chi connectivity index (χ4v) is 5.62. The molecular weight excluding hydrogens is 468 g/mol. The van der Waals surface area contributed by atoms with Gasteiger partial charge in [-0.3, -0.25) is 9.59 Å². The van der Waals surface area contributed by atoms with Crippen molar-refractivity contribution in [3.63, 3.8) is 0 Å². The monoisotopic (exact) mass is 506 g/mol. The third-order valence-corrected chi connectivity index (χ3v) is 7.96. The van der Waals surface area contributed by atoms with Crippen molar-refractivity contribution in [2.24, 2.45) is 0 Å². The number of nitrogens with one attached hydrogen (secondary N) is 2. The summed E-state index contributed by atoms with van der Waals surface area (Å²) in [4.78, 5) is 37.0. The summed E-state index contributed by atoms with van der Waals surface area (Å²) in [5.41, 5.74) is 3.35. The lowest BCUT2D eigenvalue weighted by Crippen LogP contribution is -2.56. The van der Waals surface area contributed by atoms with E-state index >= 15 is 0 Å². The largest absolute Gasteiger partial charge is 0.381 e. The van der Waals surface area contributed by atoms with E-state index in [-0.39, 0.29) is 29.9 Å². The second-order valence-corrected chi connectivity index (χ2v) is 10.6. The zero-order chi connectivity index (χ0) is 26.1. The Morgan fingerprint density at radius 1 is 1.05 bits per heavy atom. The molecule has 1 aromatic carbocycles. The van der Waals surface area contributed by atoms with Crippen molar-refractivity contribution < 1.29 is 14.3 Å². The van der Waals surface area contributed by atoms with Gasteiger partial charge in [0.15, 0.2) is 5.82 Å². The van der Waals surface area contributed by atoms with Gasteiger partial charge in [0.2, 0.25) is 5.91 Å². The van der Waals surface area contributed by atoms with Crippen LogP contribution in [0.15, 0.2) is 30.3 Å². The molecule has 0 saturated carbocycles. The van der Waals surface area contributed by atoms with Crippen LogP contribution in [0.25, 0.3) is 0 Å². The van der Waals surface area contributed by atoms with Crippen molar-refractivity contribution in [3.8, 4) is 0 Å². The van der Waals surface area contributed by atoms with Crippen LogP contribution in [0.1, 0.15) is 48.5 Å². The maximum absolute atomic E-state index is 13.0. The van der Waals surface area contributed by atoms with Gasteiger partial charge in [0.1, 0.15) is 11.9 Å². The molecule has 2 fully saturated rings. The Morgan fingerprint density at radius 3 is 2.49 bits per heavy atom. The number of carbonyl (C=O) groups is 2. The van der Waals surface area contributed by atoms with Gasteiger partial charge in [-0.05, 0) is 95.6 Å². The summed E-state index contributed by atoms with van der Waals surface area (Å²) in [6, 6.07) is 9.75. The van der Waals surface area contributed by atoms with Gasteiger partial charge in [-0.15, -0.1) is 0 Å². The van der Waals surface area contributed by atoms with E-state index in [1.807, 2.05) is 51.2 Å². The number of pyridine rings is 1. The van der Waals surface area contributed by atoms with Crippen molar-refractivity contribution in [2.75, 3.05) is 55.5 Å². The predicted molar refractivity (Wildman–Crippen MR) is 146 cm³/mol. The molecule has 2 aromatic rings. The zero-order valence-electron chi connectivity index (χ0n) is 22.3. The molecule has 1 atom stereocenters. The number of likely N-dealkylation sites (N-methyl/N-ethyl adjacent to an activating group) is 1. The Morgan fingerprint density at radius 2 is 1.78 bits per heavy atom. The highest BCUT2D eigenvalue weighted by Crippen LogP contribution is 2.38. The fourth-order valence-electron chi connectivity index (χ4n) is 5.62. The van der Waals surface area contributed by atoms with E-state index in [0.717, 1.165) is 61.5 Å². The molecule has 198 valence electrons. The van der Waals surface area contributed by atoms with Crippen LogP contribution in [0.2, 0.25) is 0 Å². The van der Waals surface area contributed by atoms with Crippen LogP contribution < -0.4 is 20.4 Å². The summed E-state index contributed by atoms with van der Waals surface area (Å²) in [5, 5.41) is 6.63. The maximum Gasteiger partial charge on any atom is 0.251 e. The summed E-state index contributed by atoms with van der Waals surface area (Å²) in [5.74, 6) is 1.58. The highest BCUT2D eigenvalue weighted by Gasteiger charge is 2.39. The first-order valence-electron chi connectivity index (χ1n) is 13.3. The van der Waals surface area contributed by atoms with Crippen molar-refractivity contribution >= 4 is 34.8 Å². The number of rotatable bonds is 5. The molecule has 0 bridgehead atoms. The predicted octanol–water partition coefficient (Wildman–Crippen LogP) is 3.31. The normalized spacial score (nSPS) is 21.6. The number of aromatic nitrogens is 1. The lowest BCUT2D eigenvalue weighted by atomic mass is 10.0. The first-order chi connectivity index (χ1) is 17.8. The number of aryl methyl sites for hydroxylation is 1. The molecule has 3 aliphatic rings. The number of amides is 2. The molecule has 2 amide bonds. The van der Waals surface area contributed by atoms with E-state index in [1.54, 1.807) is 4.90 Å². The van der Waals surface area contributed by atoms with Crippen molar-refractivity contribution in [2.45, 2.75) is 57.7 Å². The Kier molecular flexibility index (Phi) is 7.35. The first kappa shape index (κ1) is 25.5. The molecule has 0 radical (unpaired) electrons. The molecule has 0 aliphatic carbocycles. The molecule has 0 spiro atoms. The number of fused-ring (bicyclic) bond motifs is 1. The molecule has 0 unspecified atom stereocenters. The summed E-state index contributed by atoms with van der Waals surface area (Å²) in [7, 11) is 3.93. The number of anilines is 4. The number of benzene rings is 1. The third-order valence-electron chi connectivity index (χ3n) is 7.96. The van der Waals surface area contributed by atoms with Crippen LogP contribution in [0.3, 0.4) is 0 Å². The van der Waals surface area contributed by atoms with Gasteiger partial charge >= 0.3 is 0 Å². The first-order valence-corrected chi connectivity index (χ1v) is 13.3. The standard InChI is InChI=1S/C28H38N6O3/c1-18-17-20(27(35)29-21-9-13-32(3)14-10-21)5-6-23(18)30-25-8-7-24-26(31-25)34(19(2)28(36)33(24)4)22-11-15-37-16-12-22/h5-8,17,19,21-22H,9-16H2,1-4H3,(H,29,35)(H,30,31)/t19-/m1/s1. The highest BCUT2D eigenvalue weighted by molar-refractivity contribution is 6.04.